The summed E-state index contributed by atoms with van der Waals surface area (Å²) in [6.45, 7) is 6.01. The third-order valence-electron chi connectivity index (χ3n) is 4.17. The van der Waals surface area contributed by atoms with Crippen LogP contribution in [0.25, 0.3) is 0 Å². The molecule has 0 aromatic heterocycles. The maximum atomic E-state index is 12.3. The van der Waals surface area contributed by atoms with E-state index in [1.165, 1.54) is 0 Å². The van der Waals surface area contributed by atoms with Crippen LogP contribution >= 0.6 is 0 Å². The van der Waals surface area contributed by atoms with Gasteiger partial charge >= 0.3 is 0 Å². The minimum Gasteiger partial charge on any atom is -0.341 e. The van der Waals surface area contributed by atoms with Gasteiger partial charge in [-0.3, -0.25) is 4.79 Å². The van der Waals surface area contributed by atoms with E-state index in [-0.39, 0.29) is 5.91 Å². The lowest BCUT2D eigenvalue weighted by molar-refractivity contribution is -0.144. The van der Waals surface area contributed by atoms with Crippen molar-refractivity contribution in [3.05, 3.63) is 0 Å². The normalized spacial score (nSPS) is 37.9. The zero-order chi connectivity index (χ0) is 11.8. The Morgan fingerprint density at radius 2 is 2.25 bits per heavy atom. The van der Waals surface area contributed by atoms with Gasteiger partial charge in [0.15, 0.2) is 0 Å². The van der Waals surface area contributed by atoms with Gasteiger partial charge in [-0.05, 0) is 31.1 Å². The van der Waals surface area contributed by atoms with Crippen LogP contribution in [0.15, 0.2) is 0 Å². The third kappa shape index (κ3) is 1.71. The number of carbonyl (C=O) groups excluding carboxylic acids is 1. The van der Waals surface area contributed by atoms with Gasteiger partial charge in [0.1, 0.15) is 5.41 Å². The van der Waals surface area contributed by atoms with Gasteiger partial charge < -0.3 is 4.90 Å². The third-order valence-corrected chi connectivity index (χ3v) is 4.17. The van der Waals surface area contributed by atoms with E-state index in [1.54, 1.807) is 0 Å². The van der Waals surface area contributed by atoms with E-state index in [2.05, 4.69) is 19.9 Å². The van der Waals surface area contributed by atoms with Crippen LogP contribution in [0.5, 0.6) is 0 Å². The number of likely N-dealkylation sites (tertiary alicyclic amines) is 1. The van der Waals surface area contributed by atoms with E-state index < -0.39 is 5.41 Å². The van der Waals surface area contributed by atoms with E-state index in [0.717, 1.165) is 38.8 Å². The first-order valence-electron chi connectivity index (χ1n) is 6.32. The van der Waals surface area contributed by atoms with Crippen LogP contribution < -0.4 is 0 Å². The van der Waals surface area contributed by atoms with Crippen molar-refractivity contribution < 1.29 is 4.79 Å². The van der Waals surface area contributed by atoms with E-state index in [4.69, 9.17) is 0 Å². The Kier molecular flexibility index (Phi) is 2.92. The highest BCUT2D eigenvalue weighted by Gasteiger charge is 2.51. The summed E-state index contributed by atoms with van der Waals surface area (Å²) in [6, 6.07) is 2.26. The summed E-state index contributed by atoms with van der Waals surface area (Å²) in [7, 11) is 0. The molecule has 0 aromatic carbocycles. The van der Waals surface area contributed by atoms with Crippen LogP contribution in [-0.4, -0.2) is 23.9 Å². The molecule has 2 rings (SSSR count). The summed E-state index contributed by atoms with van der Waals surface area (Å²) >= 11 is 0. The van der Waals surface area contributed by atoms with Crippen LogP contribution in [0.3, 0.4) is 0 Å². The van der Waals surface area contributed by atoms with Gasteiger partial charge in [0, 0.05) is 13.1 Å². The SMILES string of the molecule is CCC1CCN(C(=O)C2(C#N)CC(C)C2)C1. The standard InChI is InChI=1S/C13H20N2O/c1-3-11-4-5-15(8-11)12(16)13(9-14)6-10(2)7-13/h10-11H,3-8H2,1-2H3. The molecule has 3 heteroatoms. The molecule has 1 saturated carbocycles. The molecular formula is C13H20N2O. The number of hydrogen-bond donors (Lipinski definition) is 0. The number of carbonyl (C=O) groups is 1. The van der Waals surface area contributed by atoms with Crippen LogP contribution in [0, 0.1) is 28.6 Å². The molecule has 16 heavy (non-hydrogen) atoms. The van der Waals surface area contributed by atoms with Gasteiger partial charge in [-0.2, -0.15) is 5.26 Å². The van der Waals surface area contributed by atoms with Crippen molar-refractivity contribution in [2.24, 2.45) is 17.3 Å². The van der Waals surface area contributed by atoms with Gasteiger partial charge in [0.25, 0.3) is 0 Å². The summed E-state index contributed by atoms with van der Waals surface area (Å²) in [5.74, 6) is 1.29. The Morgan fingerprint density at radius 3 is 2.69 bits per heavy atom. The highest BCUT2D eigenvalue weighted by Crippen LogP contribution is 2.46. The number of nitrogens with zero attached hydrogens (tertiary/aromatic N) is 2. The van der Waals surface area contributed by atoms with Crippen molar-refractivity contribution in [3.63, 3.8) is 0 Å². The van der Waals surface area contributed by atoms with Gasteiger partial charge in [-0.1, -0.05) is 20.3 Å². The van der Waals surface area contributed by atoms with E-state index in [9.17, 15) is 10.1 Å². The minimum atomic E-state index is -0.665. The molecular weight excluding hydrogens is 200 g/mol. The zero-order valence-corrected chi connectivity index (χ0v) is 10.2. The van der Waals surface area contributed by atoms with Crippen molar-refractivity contribution in [2.45, 2.75) is 39.5 Å². The number of nitriles is 1. The second-order valence-electron chi connectivity index (χ2n) is 5.52. The summed E-state index contributed by atoms with van der Waals surface area (Å²) < 4.78 is 0. The van der Waals surface area contributed by atoms with E-state index >= 15 is 0 Å². The van der Waals surface area contributed by atoms with Crippen LogP contribution in [0.1, 0.15) is 39.5 Å². The molecule has 88 valence electrons. The first-order chi connectivity index (χ1) is 7.61. The fourth-order valence-corrected chi connectivity index (χ4v) is 3.10. The van der Waals surface area contributed by atoms with Crippen LogP contribution in [-0.2, 0) is 4.79 Å². The highest BCUT2D eigenvalue weighted by molar-refractivity contribution is 5.86. The molecule has 1 atom stereocenters. The average molecular weight is 220 g/mol. The first-order valence-corrected chi connectivity index (χ1v) is 6.32. The van der Waals surface area contributed by atoms with E-state index in [0.29, 0.717) is 11.8 Å². The predicted octanol–water partition coefficient (Wildman–Crippen LogP) is 2.18. The quantitative estimate of drug-likeness (QED) is 0.716. The molecule has 0 N–H and O–H groups in total. The monoisotopic (exact) mass is 220 g/mol. The molecule has 2 fully saturated rings. The number of hydrogen-bond acceptors (Lipinski definition) is 2. The molecule has 2 aliphatic rings. The lowest BCUT2D eigenvalue weighted by Gasteiger charge is -2.41. The molecule has 0 radical (unpaired) electrons. The maximum absolute atomic E-state index is 12.3. The van der Waals surface area contributed by atoms with Crippen molar-refractivity contribution in [1.82, 2.24) is 4.90 Å². The molecule has 0 aromatic rings. The van der Waals surface area contributed by atoms with Crippen molar-refractivity contribution in [2.75, 3.05) is 13.1 Å². The largest absolute Gasteiger partial charge is 0.341 e. The van der Waals surface area contributed by atoms with Crippen molar-refractivity contribution in [3.8, 4) is 6.07 Å². The van der Waals surface area contributed by atoms with Crippen LogP contribution in [0.2, 0.25) is 0 Å². The van der Waals surface area contributed by atoms with Crippen LogP contribution in [0.4, 0.5) is 0 Å². The molecule has 0 spiro atoms. The van der Waals surface area contributed by atoms with Crippen molar-refractivity contribution >= 4 is 5.91 Å². The average Bonchev–Trinajstić information content (AvgIpc) is 2.72. The fraction of sp³-hybridized carbons (Fsp3) is 0.846. The van der Waals surface area contributed by atoms with E-state index in [1.807, 2.05) is 4.90 Å². The Bertz CT molecular complexity index is 325. The molecule has 0 bridgehead atoms. The van der Waals surface area contributed by atoms with Gasteiger partial charge in [0.05, 0.1) is 6.07 Å². The Morgan fingerprint density at radius 1 is 1.56 bits per heavy atom. The van der Waals surface area contributed by atoms with Gasteiger partial charge in [-0.15, -0.1) is 0 Å². The molecule has 1 amide bonds. The summed E-state index contributed by atoms with van der Waals surface area (Å²) in [5.41, 5.74) is -0.665. The Hall–Kier alpha value is -1.04. The molecule has 1 aliphatic heterocycles. The smallest absolute Gasteiger partial charge is 0.243 e. The minimum absolute atomic E-state index is 0.101. The van der Waals surface area contributed by atoms with Gasteiger partial charge in [-0.25, -0.2) is 0 Å². The Balaban J connectivity index is 2.01. The van der Waals surface area contributed by atoms with Crippen molar-refractivity contribution in [1.29, 1.82) is 5.26 Å². The number of amides is 1. The molecule has 1 saturated heterocycles. The topological polar surface area (TPSA) is 44.1 Å². The molecule has 1 unspecified atom stereocenters. The first kappa shape index (κ1) is 11.4. The fourth-order valence-electron chi connectivity index (χ4n) is 3.10. The van der Waals surface area contributed by atoms with Gasteiger partial charge in [0.2, 0.25) is 5.91 Å². The number of rotatable bonds is 2. The molecule has 3 nitrogen and oxygen atoms in total. The summed E-state index contributed by atoms with van der Waals surface area (Å²) in [4.78, 5) is 14.2. The predicted molar refractivity (Wildman–Crippen MR) is 61.4 cm³/mol. The lowest BCUT2D eigenvalue weighted by atomic mass is 9.63. The lowest BCUT2D eigenvalue weighted by Crippen LogP contribution is -2.49. The summed E-state index contributed by atoms with van der Waals surface area (Å²) in [5, 5.41) is 9.21. The second-order valence-corrected chi connectivity index (χ2v) is 5.52. The maximum Gasteiger partial charge on any atom is 0.243 e. The zero-order valence-electron chi connectivity index (χ0n) is 10.2. The summed E-state index contributed by atoms with van der Waals surface area (Å²) in [6.07, 6.45) is 3.77. The highest BCUT2D eigenvalue weighted by atomic mass is 16.2. The Labute approximate surface area is 97.4 Å². The molecule has 1 heterocycles. The second kappa shape index (κ2) is 4.08. The molecule has 1 aliphatic carbocycles.